The molecule has 1 aromatic heterocycles. The summed E-state index contributed by atoms with van der Waals surface area (Å²) >= 11 is 0. The number of nitrogens with zero attached hydrogens (tertiary/aromatic N) is 2. The van der Waals surface area contributed by atoms with Crippen molar-refractivity contribution in [2.24, 2.45) is 5.92 Å². The summed E-state index contributed by atoms with van der Waals surface area (Å²) in [6, 6.07) is 12.0. The number of anilines is 2. The fraction of sp³-hybridized carbons (Fsp3) is 0.250. The predicted octanol–water partition coefficient (Wildman–Crippen LogP) is 3.22. The second-order valence-corrected chi connectivity index (χ2v) is 5.08. The number of aldehydes is 1. The minimum absolute atomic E-state index is 0.552. The Kier molecular flexibility index (Phi) is 3.03. The molecule has 0 spiro atoms. The van der Waals surface area contributed by atoms with Crippen LogP contribution >= 0.6 is 0 Å². The number of pyridine rings is 1. The highest BCUT2D eigenvalue weighted by molar-refractivity contribution is 5.85. The van der Waals surface area contributed by atoms with Crippen LogP contribution in [0.1, 0.15) is 22.8 Å². The molecule has 1 atom stereocenters. The number of para-hydroxylation sites is 1. The molecule has 0 aliphatic carbocycles. The third kappa shape index (κ3) is 2.12. The summed E-state index contributed by atoms with van der Waals surface area (Å²) in [6.07, 6.45) is 3.70. The standard InChI is InChI=1S/C16H16N2O/c1-12-9-13-5-2-3-7-15(13)18(10-12)16-14(11-19)6-4-8-17-16/h2-8,11-12H,9-10H2,1H3. The van der Waals surface area contributed by atoms with Gasteiger partial charge in [-0.1, -0.05) is 25.1 Å². The van der Waals surface area contributed by atoms with Crippen LogP contribution in [0.5, 0.6) is 0 Å². The second-order valence-electron chi connectivity index (χ2n) is 5.08. The van der Waals surface area contributed by atoms with Gasteiger partial charge in [0.2, 0.25) is 0 Å². The van der Waals surface area contributed by atoms with Gasteiger partial charge in [-0.15, -0.1) is 0 Å². The first-order valence-corrected chi connectivity index (χ1v) is 6.55. The van der Waals surface area contributed by atoms with Gasteiger partial charge < -0.3 is 4.90 Å². The van der Waals surface area contributed by atoms with Crippen LogP contribution in [-0.4, -0.2) is 17.8 Å². The van der Waals surface area contributed by atoms with Crippen molar-refractivity contribution in [1.29, 1.82) is 0 Å². The summed E-state index contributed by atoms with van der Waals surface area (Å²) in [6.45, 7) is 3.13. The lowest BCUT2D eigenvalue weighted by molar-refractivity contribution is 0.112. The van der Waals surface area contributed by atoms with Crippen molar-refractivity contribution in [1.82, 2.24) is 4.98 Å². The minimum atomic E-state index is 0.552. The average Bonchev–Trinajstić information content (AvgIpc) is 2.46. The normalized spacial score (nSPS) is 17.9. The number of aromatic nitrogens is 1. The van der Waals surface area contributed by atoms with Crippen molar-refractivity contribution >= 4 is 17.8 Å². The Morgan fingerprint density at radius 3 is 2.95 bits per heavy atom. The van der Waals surface area contributed by atoms with E-state index in [0.717, 1.165) is 25.1 Å². The first-order valence-electron chi connectivity index (χ1n) is 6.55. The van der Waals surface area contributed by atoms with Crippen molar-refractivity contribution < 1.29 is 4.79 Å². The predicted molar refractivity (Wildman–Crippen MR) is 75.9 cm³/mol. The van der Waals surface area contributed by atoms with E-state index in [-0.39, 0.29) is 0 Å². The number of benzene rings is 1. The van der Waals surface area contributed by atoms with Crippen LogP contribution in [0.15, 0.2) is 42.6 Å². The summed E-state index contributed by atoms with van der Waals surface area (Å²) in [4.78, 5) is 17.8. The molecule has 2 heterocycles. The highest BCUT2D eigenvalue weighted by atomic mass is 16.1. The summed E-state index contributed by atoms with van der Waals surface area (Å²) < 4.78 is 0. The van der Waals surface area contributed by atoms with E-state index in [9.17, 15) is 4.79 Å². The summed E-state index contributed by atoms with van der Waals surface area (Å²) in [5, 5.41) is 0. The topological polar surface area (TPSA) is 33.2 Å². The molecule has 0 bridgehead atoms. The van der Waals surface area contributed by atoms with Gasteiger partial charge >= 0.3 is 0 Å². The van der Waals surface area contributed by atoms with Crippen LogP contribution in [-0.2, 0) is 6.42 Å². The fourth-order valence-electron chi connectivity index (χ4n) is 2.72. The van der Waals surface area contributed by atoms with Gasteiger partial charge in [-0.3, -0.25) is 4.79 Å². The molecule has 1 aliphatic heterocycles. The van der Waals surface area contributed by atoms with E-state index in [0.29, 0.717) is 11.5 Å². The monoisotopic (exact) mass is 252 g/mol. The largest absolute Gasteiger partial charge is 0.325 e. The quantitative estimate of drug-likeness (QED) is 0.769. The zero-order chi connectivity index (χ0) is 13.2. The zero-order valence-electron chi connectivity index (χ0n) is 10.9. The van der Waals surface area contributed by atoms with Gasteiger partial charge in [0.1, 0.15) is 5.82 Å². The van der Waals surface area contributed by atoms with Gasteiger partial charge in [-0.2, -0.15) is 0 Å². The molecule has 3 nitrogen and oxygen atoms in total. The number of hydrogen-bond acceptors (Lipinski definition) is 3. The van der Waals surface area contributed by atoms with Gasteiger partial charge in [-0.05, 0) is 36.1 Å². The molecule has 3 rings (SSSR count). The Bertz CT molecular complexity index is 609. The van der Waals surface area contributed by atoms with Gasteiger partial charge in [0.25, 0.3) is 0 Å². The molecule has 1 unspecified atom stereocenters. The molecular formula is C16H16N2O. The maximum absolute atomic E-state index is 11.2. The van der Waals surface area contributed by atoms with Crippen molar-refractivity contribution in [2.75, 3.05) is 11.4 Å². The number of carbonyl (C=O) groups excluding carboxylic acids is 1. The molecule has 1 aliphatic rings. The van der Waals surface area contributed by atoms with Gasteiger partial charge in [-0.25, -0.2) is 4.98 Å². The van der Waals surface area contributed by atoms with Crippen molar-refractivity contribution in [3.05, 3.63) is 53.7 Å². The van der Waals surface area contributed by atoms with Gasteiger partial charge in [0, 0.05) is 18.4 Å². The Morgan fingerprint density at radius 2 is 2.11 bits per heavy atom. The van der Waals surface area contributed by atoms with Crippen LogP contribution in [0.25, 0.3) is 0 Å². The Hall–Kier alpha value is -2.16. The molecule has 0 saturated heterocycles. The lowest BCUT2D eigenvalue weighted by atomic mass is 9.93. The lowest BCUT2D eigenvalue weighted by Crippen LogP contribution is -2.31. The number of carbonyl (C=O) groups is 1. The van der Waals surface area contributed by atoms with Crippen molar-refractivity contribution in [3.8, 4) is 0 Å². The van der Waals surface area contributed by atoms with Crippen LogP contribution in [0.3, 0.4) is 0 Å². The van der Waals surface area contributed by atoms with E-state index in [2.05, 4.69) is 35.0 Å². The zero-order valence-corrected chi connectivity index (χ0v) is 10.9. The van der Waals surface area contributed by atoms with Gasteiger partial charge in [0.05, 0.1) is 5.56 Å². The third-order valence-corrected chi connectivity index (χ3v) is 3.54. The molecule has 0 N–H and O–H groups in total. The smallest absolute Gasteiger partial charge is 0.153 e. The maximum Gasteiger partial charge on any atom is 0.153 e. The summed E-state index contributed by atoms with van der Waals surface area (Å²) in [5.41, 5.74) is 3.14. The van der Waals surface area contributed by atoms with Crippen LogP contribution < -0.4 is 4.90 Å². The molecule has 0 fully saturated rings. The highest BCUT2D eigenvalue weighted by Gasteiger charge is 2.24. The molecule has 0 radical (unpaired) electrons. The Labute approximate surface area is 112 Å². The number of hydrogen-bond donors (Lipinski definition) is 0. The van der Waals surface area contributed by atoms with E-state index < -0.39 is 0 Å². The summed E-state index contributed by atoms with van der Waals surface area (Å²) in [5.74, 6) is 1.31. The second kappa shape index (κ2) is 4.84. The van der Waals surface area contributed by atoms with E-state index in [4.69, 9.17) is 0 Å². The molecular weight excluding hydrogens is 236 g/mol. The van der Waals surface area contributed by atoms with E-state index in [1.807, 2.05) is 12.1 Å². The van der Waals surface area contributed by atoms with E-state index in [1.165, 1.54) is 11.3 Å². The molecule has 96 valence electrons. The molecule has 19 heavy (non-hydrogen) atoms. The van der Waals surface area contributed by atoms with Crippen LogP contribution in [0, 0.1) is 5.92 Å². The first-order chi connectivity index (χ1) is 9.29. The van der Waals surface area contributed by atoms with Crippen LogP contribution in [0.2, 0.25) is 0 Å². The van der Waals surface area contributed by atoms with E-state index in [1.54, 1.807) is 12.3 Å². The SMILES string of the molecule is CC1Cc2ccccc2N(c2ncccc2C=O)C1. The molecule has 0 amide bonds. The van der Waals surface area contributed by atoms with Crippen molar-refractivity contribution in [2.45, 2.75) is 13.3 Å². The minimum Gasteiger partial charge on any atom is -0.325 e. The fourth-order valence-corrected chi connectivity index (χ4v) is 2.72. The molecule has 0 saturated carbocycles. The molecule has 2 aromatic rings. The van der Waals surface area contributed by atoms with E-state index >= 15 is 0 Å². The lowest BCUT2D eigenvalue weighted by Gasteiger charge is -2.34. The summed E-state index contributed by atoms with van der Waals surface area (Å²) in [7, 11) is 0. The van der Waals surface area contributed by atoms with Crippen molar-refractivity contribution in [3.63, 3.8) is 0 Å². The first kappa shape index (κ1) is 11.9. The van der Waals surface area contributed by atoms with Gasteiger partial charge in [0.15, 0.2) is 6.29 Å². The molecule has 1 aromatic carbocycles. The van der Waals surface area contributed by atoms with Crippen LogP contribution in [0.4, 0.5) is 11.5 Å². The molecule has 3 heteroatoms. The average molecular weight is 252 g/mol. The maximum atomic E-state index is 11.2. The highest BCUT2D eigenvalue weighted by Crippen LogP contribution is 2.35. The number of fused-ring (bicyclic) bond motifs is 1. The number of rotatable bonds is 2. The Morgan fingerprint density at radius 1 is 1.26 bits per heavy atom. The third-order valence-electron chi connectivity index (χ3n) is 3.54. The Balaban J connectivity index is 2.12.